The highest BCUT2D eigenvalue weighted by Crippen LogP contribution is 2.22. The van der Waals surface area contributed by atoms with Gasteiger partial charge in [-0.1, -0.05) is 156 Å². The van der Waals surface area contributed by atoms with Gasteiger partial charge in [0.1, 0.15) is 18.3 Å². The molecule has 10 heteroatoms. The molecule has 0 fully saturated rings. The van der Waals surface area contributed by atoms with Crippen molar-refractivity contribution in [3.63, 3.8) is 0 Å². The van der Waals surface area contributed by atoms with Crippen molar-refractivity contribution in [1.29, 1.82) is 0 Å². The molecule has 0 radical (unpaired) electrons. The second-order valence-corrected chi connectivity index (χ2v) is 21.1. The van der Waals surface area contributed by atoms with Crippen molar-refractivity contribution >= 4 is 24.0 Å². The number of hydrogen-bond acceptors (Lipinski definition) is 9. The number of carbonyl (C=O) groups excluding carboxylic acids is 4. The maximum atomic E-state index is 13.8. The van der Waals surface area contributed by atoms with Gasteiger partial charge >= 0.3 is 24.0 Å². The molecule has 408 valence electrons. The van der Waals surface area contributed by atoms with Gasteiger partial charge in [0.15, 0.2) is 0 Å². The number of rotatable bonds is 51. The highest BCUT2D eigenvalue weighted by molar-refractivity contribution is 5.70. The van der Waals surface area contributed by atoms with Crippen molar-refractivity contribution < 1.29 is 38.1 Å². The van der Waals surface area contributed by atoms with Gasteiger partial charge in [0.2, 0.25) is 0 Å². The fourth-order valence-corrected chi connectivity index (χ4v) is 9.15. The Hall–Kier alpha value is -2.36. The molecule has 0 rings (SSSR count). The highest BCUT2D eigenvalue weighted by atomic mass is 16.6. The maximum absolute atomic E-state index is 13.8. The second kappa shape index (κ2) is 49.2. The van der Waals surface area contributed by atoms with Crippen molar-refractivity contribution in [2.45, 2.75) is 323 Å². The van der Waals surface area contributed by atoms with E-state index in [1.807, 2.05) is 32.8 Å². The van der Waals surface area contributed by atoms with E-state index in [9.17, 15) is 19.2 Å². The van der Waals surface area contributed by atoms with Crippen LogP contribution in [0.3, 0.4) is 0 Å². The molecule has 0 aliphatic carbocycles. The maximum Gasteiger partial charge on any atom is 0.410 e. The Bertz CT molecular complexity index is 1100. The lowest BCUT2D eigenvalue weighted by atomic mass is 10.0. The minimum absolute atomic E-state index is 0.0231. The van der Waals surface area contributed by atoms with Crippen LogP contribution in [0.4, 0.5) is 4.79 Å². The van der Waals surface area contributed by atoms with Crippen LogP contribution in [0.25, 0.3) is 0 Å². The zero-order valence-electron chi connectivity index (χ0n) is 46.9. The van der Waals surface area contributed by atoms with Gasteiger partial charge in [0.25, 0.3) is 0 Å². The van der Waals surface area contributed by atoms with E-state index in [4.69, 9.17) is 18.9 Å². The van der Waals surface area contributed by atoms with Crippen molar-refractivity contribution in [2.24, 2.45) is 0 Å². The third-order valence-corrected chi connectivity index (χ3v) is 13.4. The Labute approximate surface area is 427 Å². The lowest BCUT2D eigenvalue weighted by Crippen LogP contribution is -2.37. The largest absolute Gasteiger partial charge is 0.463 e. The third kappa shape index (κ3) is 45.3. The Morgan fingerprint density at radius 1 is 0.333 bits per heavy atom. The van der Waals surface area contributed by atoms with E-state index in [1.54, 1.807) is 0 Å². The van der Waals surface area contributed by atoms with E-state index in [-0.39, 0.29) is 48.4 Å². The Balaban J connectivity index is 5.13. The van der Waals surface area contributed by atoms with Crippen LogP contribution in [0.2, 0.25) is 0 Å². The molecule has 0 unspecified atom stereocenters. The molecule has 69 heavy (non-hydrogen) atoms. The quantitative estimate of drug-likeness (QED) is 0.0334. The van der Waals surface area contributed by atoms with Gasteiger partial charge in [-0.15, -0.1) is 0 Å². The number of hydrogen-bond donors (Lipinski definition) is 0. The van der Waals surface area contributed by atoms with E-state index in [0.29, 0.717) is 38.8 Å². The molecular weight excluding hydrogens is 865 g/mol. The van der Waals surface area contributed by atoms with E-state index in [0.717, 1.165) is 161 Å². The minimum atomic E-state index is -0.240. The molecule has 0 aromatic rings. The Kier molecular flexibility index (Phi) is 47.5. The third-order valence-electron chi connectivity index (χ3n) is 13.4. The minimum Gasteiger partial charge on any atom is -0.463 e. The molecule has 0 aromatic heterocycles. The molecule has 0 N–H and O–H groups in total. The van der Waals surface area contributed by atoms with Crippen LogP contribution in [-0.2, 0) is 33.3 Å². The Morgan fingerprint density at radius 2 is 0.623 bits per heavy atom. The summed E-state index contributed by atoms with van der Waals surface area (Å²) in [5, 5.41) is 0. The zero-order chi connectivity index (χ0) is 51.0. The summed E-state index contributed by atoms with van der Waals surface area (Å²) < 4.78 is 23.7. The molecular formula is C59H114N2O8. The standard InChI is InChI=1S/C59H114N2O8/c1-9-13-17-29-40-53(41-30-18-14-10-2)67-57(63)46-35-27-23-21-25-33-44-55(69-59(65)61(51-39-49-60(7)8)50-38-37-48-56(62)66-52(5)6)45-34-26-22-24-28-36-47-58(64)68-54(42-31-19-15-11-3)43-32-20-16-12-4/h52-55H,9-51H2,1-8H3. The molecule has 10 nitrogen and oxygen atoms in total. The van der Waals surface area contributed by atoms with Gasteiger partial charge in [0.05, 0.1) is 6.10 Å². The van der Waals surface area contributed by atoms with E-state index in [1.165, 1.54) is 77.0 Å². The summed E-state index contributed by atoms with van der Waals surface area (Å²) >= 11 is 0. The smallest absolute Gasteiger partial charge is 0.410 e. The van der Waals surface area contributed by atoms with Crippen LogP contribution in [0, 0.1) is 0 Å². The molecule has 0 atom stereocenters. The zero-order valence-corrected chi connectivity index (χ0v) is 46.9. The summed E-state index contributed by atoms with van der Waals surface area (Å²) in [6.07, 6.45) is 40.7. The molecule has 0 aromatic carbocycles. The van der Waals surface area contributed by atoms with Gasteiger partial charge in [0, 0.05) is 32.4 Å². The van der Waals surface area contributed by atoms with Crippen molar-refractivity contribution in [3.8, 4) is 0 Å². The van der Waals surface area contributed by atoms with Crippen LogP contribution in [0.1, 0.15) is 298 Å². The van der Waals surface area contributed by atoms with Crippen molar-refractivity contribution in [1.82, 2.24) is 9.80 Å². The highest BCUT2D eigenvalue weighted by Gasteiger charge is 2.21. The number of unbranched alkanes of at least 4 members (excludes halogenated alkanes) is 23. The number of esters is 3. The molecule has 0 heterocycles. The first-order chi connectivity index (χ1) is 33.4. The van der Waals surface area contributed by atoms with Crippen LogP contribution < -0.4 is 0 Å². The topological polar surface area (TPSA) is 112 Å². The number of carbonyl (C=O) groups is 4. The summed E-state index contributed by atoms with van der Waals surface area (Å²) in [4.78, 5) is 55.6. The summed E-state index contributed by atoms with van der Waals surface area (Å²) in [6.45, 7) is 14.7. The summed E-state index contributed by atoms with van der Waals surface area (Å²) in [5.74, 6) is -0.234. The normalized spacial score (nSPS) is 11.7. The monoisotopic (exact) mass is 979 g/mol. The van der Waals surface area contributed by atoms with E-state index in [2.05, 4.69) is 32.6 Å². The summed E-state index contributed by atoms with van der Waals surface area (Å²) in [5.41, 5.74) is 0. The number of nitrogens with zero attached hydrogens (tertiary/aromatic N) is 2. The van der Waals surface area contributed by atoms with Crippen LogP contribution in [0.5, 0.6) is 0 Å². The summed E-state index contributed by atoms with van der Waals surface area (Å²) in [7, 11) is 4.10. The van der Waals surface area contributed by atoms with Crippen LogP contribution in [0.15, 0.2) is 0 Å². The average molecular weight is 980 g/mol. The average Bonchev–Trinajstić information content (AvgIpc) is 3.31. The van der Waals surface area contributed by atoms with Crippen LogP contribution >= 0.6 is 0 Å². The van der Waals surface area contributed by atoms with Gasteiger partial charge < -0.3 is 28.7 Å². The SMILES string of the molecule is CCCCCCC(CCCCCC)OC(=O)CCCCCCCCC(CCCCCCCCC(=O)OC(CCCCCC)CCCCCC)OC(=O)N(CCCCC(=O)OC(C)C)CCCN(C)C. The molecule has 0 aliphatic rings. The lowest BCUT2D eigenvalue weighted by Gasteiger charge is -2.26. The van der Waals surface area contributed by atoms with Gasteiger partial charge in [-0.2, -0.15) is 0 Å². The Morgan fingerprint density at radius 3 is 0.971 bits per heavy atom. The fourth-order valence-electron chi connectivity index (χ4n) is 9.15. The van der Waals surface area contributed by atoms with Crippen molar-refractivity contribution in [3.05, 3.63) is 0 Å². The first kappa shape index (κ1) is 66.6. The molecule has 0 aliphatic heterocycles. The van der Waals surface area contributed by atoms with Gasteiger partial charge in [-0.05, 0) is 144 Å². The number of ether oxygens (including phenoxy) is 4. The molecule has 1 amide bonds. The molecule has 0 saturated carbocycles. The van der Waals surface area contributed by atoms with Gasteiger partial charge in [-0.3, -0.25) is 14.4 Å². The first-order valence-electron chi connectivity index (χ1n) is 29.6. The van der Waals surface area contributed by atoms with Crippen molar-refractivity contribution in [2.75, 3.05) is 33.7 Å². The molecule has 0 bridgehead atoms. The van der Waals surface area contributed by atoms with E-state index >= 15 is 0 Å². The molecule has 0 saturated heterocycles. The first-order valence-corrected chi connectivity index (χ1v) is 29.6. The predicted octanol–water partition coefficient (Wildman–Crippen LogP) is 16.8. The second-order valence-electron chi connectivity index (χ2n) is 21.1. The lowest BCUT2D eigenvalue weighted by molar-refractivity contribution is -0.151. The summed E-state index contributed by atoms with van der Waals surface area (Å²) in [6, 6.07) is 0. The fraction of sp³-hybridized carbons (Fsp3) is 0.932. The predicted molar refractivity (Wildman–Crippen MR) is 289 cm³/mol. The molecule has 0 spiro atoms. The van der Waals surface area contributed by atoms with Crippen LogP contribution in [-0.4, -0.2) is 91.9 Å². The van der Waals surface area contributed by atoms with E-state index < -0.39 is 0 Å². The number of amides is 1. The van der Waals surface area contributed by atoms with Gasteiger partial charge in [-0.25, -0.2) is 4.79 Å².